The lowest BCUT2D eigenvalue weighted by atomic mass is 10.2. The lowest BCUT2D eigenvalue weighted by Crippen LogP contribution is -2.23. The van der Waals surface area contributed by atoms with Crippen LogP contribution in [0.1, 0.15) is 5.56 Å². The molecule has 32 heavy (non-hydrogen) atoms. The molecule has 0 radical (unpaired) electrons. The zero-order chi connectivity index (χ0) is 22.7. The van der Waals surface area contributed by atoms with E-state index in [1.807, 2.05) is 0 Å². The first kappa shape index (κ1) is 21.6. The molecule has 10 heteroatoms. The van der Waals surface area contributed by atoms with E-state index in [9.17, 15) is 22.8 Å². The molecule has 4 rings (SSSR count). The number of aromatic nitrogens is 3. The first-order chi connectivity index (χ1) is 15.3. The van der Waals surface area contributed by atoms with Crippen LogP contribution in [0.3, 0.4) is 0 Å². The maximum Gasteiger partial charge on any atom is 0.416 e. The van der Waals surface area contributed by atoms with Crippen molar-refractivity contribution in [2.45, 2.75) is 11.3 Å². The van der Waals surface area contributed by atoms with Crippen molar-refractivity contribution in [1.29, 1.82) is 0 Å². The fourth-order valence-corrected chi connectivity index (χ4v) is 3.84. The van der Waals surface area contributed by atoms with Gasteiger partial charge in [-0.05, 0) is 42.5 Å². The molecule has 0 atom stereocenters. The Kier molecular flexibility index (Phi) is 5.95. The second kappa shape index (κ2) is 8.83. The van der Waals surface area contributed by atoms with Gasteiger partial charge in [-0.15, -0.1) is 0 Å². The predicted molar refractivity (Wildman–Crippen MR) is 116 cm³/mol. The first-order valence-corrected chi connectivity index (χ1v) is 10.3. The molecule has 4 aromatic rings. The van der Waals surface area contributed by atoms with Gasteiger partial charge in [0.25, 0.3) is 5.56 Å². The largest absolute Gasteiger partial charge is 0.416 e. The highest BCUT2D eigenvalue weighted by atomic mass is 32.2. The van der Waals surface area contributed by atoms with Gasteiger partial charge in [-0.25, -0.2) is 4.98 Å². The molecule has 1 N–H and O–H groups in total. The zero-order valence-corrected chi connectivity index (χ0v) is 17.2. The molecular weight excluding hydrogens is 441 g/mol. The van der Waals surface area contributed by atoms with Gasteiger partial charge in [0.15, 0.2) is 5.16 Å². The van der Waals surface area contributed by atoms with Gasteiger partial charge in [0.1, 0.15) is 0 Å². The highest BCUT2D eigenvalue weighted by Gasteiger charge is 2.30. The van der Waals surface area contributed by atoms with E-state index < -0.39 is 17.6 Å². The molecular formula is C22H15F3N4O2S. The van der Waals surface area contributed by atoms with E-state index in [1.165, 1.54) is 22.9 Å². The number of carbonyl (C=O) groups is 1. The van der Waals surface area contributed by atoms with Crippen molar-refractivity contribution in [1.82, 2.24) is 14.5 Å². The lowest BCUT2D eigenvalue weighted by Gasteiger charge is -2.13. The van der Waals surface area contributed by atoms with Crippen LogP contribution >= 0.6 is 11.8 Å². The minimum atomic E-state index is -4.51. The van der Waals surface area contributed by atoms with E-state index >= 15 is 0 Å². The summed E-state index contributed by atoms with van der Waals surface area (Å²) < 4.78 is 40.0. The highest BCUT2D eigenvalue weighted by molar-refractivity contribution is 7.99. The molecule has 0 fully saturated rings. The molecule has 0 aliphatic carbocycles. The van der Waals surface area contributed by atoms with Crippen LogP contribution in [0.15, 0.2) is 83.0 Å². The lowest BCUT2D eigenvalue weighted by molar-refractivity contribution is -0.137. The van der Waals surface area contributed by atoms with Gasteiger partial charge in [-0.1, -0.05) is 30.0 Å². The highest BCUT2D eigenvalue weighted by Crippen LogP contribution is 2.30. The zero-order valence-electron chi connectivity index (χ0n) is 16.3. The average molecular weight is 456 g/mol. The number of amides is 1. The predicted octanol–water partition coefficient (Wildman–Crippen LogP) is 4.53. The smallest absolute Gasteiger partial charge is 0.325 e. The summed E-state index contributed by atoms with van der Waals surface area (Å²) in [5.74, 6) is -0.698. The minimum Gasteiger partial charge on any atom is -0.325 e. The normalized spacial score (nSPS) is 11.5. The van der Waals surface area contributed by atoms with E-state index in [4.69, 9.17) is 0 Å². The third-order valence-electron chi connectivity index (χ3n) is 4.46. The molecule has 2 aromatic heterocycles. The van der Waals surface area contributed by atoms with Crippen molar-refractivity contribution in [3.8, 4) is 5.69 Å². The van der Waals surface area contributed by atoms with Crippen LogP contribution < -0.4 is 10.9 Å². The second-order valence-corrected chi connectivity index (χ2v) is 7.62. The van der Waals surface area contributed by atoms with Crippen LogP contribution in [-0.2, 0) is 11.0 Å². The summed E-state index contributed by atoms with van der Waals surface area (Å²) in [6.45, 7) is 0. The van der Waals surface area contributed by atoms with Crippen LogP contribution in [0.4, 0.5) is 18.9 Å². The molecule has 0 saturated carbocycles. The summed E-state index contributed by atoms with van der Waals surface area (Å²) in [5.41, 5.74) is -0.189. The number of hydrogen-bond donors (Lipinski definition) is 1. The van der Waals surface area contributed by atoms with Gasteiger partial charge >= 0.3 is 6.18 Å². The number of benzene rings is 2. The average Bonchev–Trinajstić information content (AvgIpc) is 2.78. The van der Waals surface area contributed by atoms with E-state index in [1.54, 1.807) is 42.6 Å². The van der Waals surface area contributed by atoms with Crippen LogP contribution in [0.25, 0.3) is 16.6 Å². The van der Waals surface area contributed by atoms with Crippen LogP contribution in [0, 0.1) is 0 Å². The number of rotatable bonds is 5. The van der Waals surface area contributed by atoms with Gasteiger partial charge in [-0.2, -0.15) is 13.2 Å². The molecule has 0 bridgehead atoms. The molecule has 0 unspecified atom stereocenters. The summed E-state index contributed by atoms with van der Waals surface area (Å²) >= 11 is 0.998. The second-order valence-electron chi connectivity index (χ2n) is 6.68. The van der Waals surface area contributed by atoms with Crippen LogP contribution in [0.5, 0.6) is 0 Å². The summed E-state index contributed by atoms with van der Waals surface area (Å²) in [7, 11) is 0. The number of anilines is 1. The Morgan fingerprint density at radius 2 is 1.88 bits per heavy atom. The molecule has 162 valence electrons. The van der Waals surface area contributed by atoms with Gasteiger partial charge in [-0.3, -0.25) is 19.1 Å². The number of para-hydroxylation sites is 1. The van der Waals surface area contributed by atoms with E-state index in [0.717, 1.165) is 23.9 Å². The first-order valence-electron chi connectivity index (χ1n) is 9.35. The number of pyridine rings is 1. The molecule has 6 nitrogen and oxygen atoms in total. The van der Waals surface area contributed by atoms with E-state index in [-0.39, 0.29) is 22.2 Å². The molecule has 0 aliphatic heterocycles. The van der Waals surface area contributed by atoms with Crippen LogP contribution in [0.2, 0.25) is 0 Å². The van der Waals surface area contributed by atoms with Crippen molar-refractivity contribution >= 4 is 34.3 Å². The number of hydrogen-bond acceptors (Lipinski definition) is 5. The number of fused-ring (bicyclic) bond motifs is 1. The minimum absolute atomic E-state index is 0.0292. The SMILES string of the molecule is O=C(CSc1nc2ccccc2c(=O)n1-c1cccnc1)Nc1cccc(C(F)(F)F)c1. The van der Waals surface area contributed by atoms with Gasteiger partial charge in [0.05, 0.1) is 34.1 Å². The number of alkyl halides is 3. The fraction of sp³-hybridized carbons (Fsp3) is 0.0909. The molecule has 2 aromatic carbocycles. The Morgan fingerprint density at radius 1 is 1.06 bits per heavy atom. The number of halogens is 3. The van der Waals surface area contributed by atoms with Crippen molar-refractivity contribution < 1.29 is 18.0 Å². The summed E-state index contributed by atoms with van der Waals surface area (Å²) in [4.78, 5) is 34.0. The number of carbonyl (C=O) groups excluding carboxylic acids is 1. The summed E-state index contributed by atoms with van der Waals surface area (Å²) in [6.07, 6.45) is -1.44. The number of nitrogens with zero attached hydrogens (tertiary/aromatic N) is 3. The standard InChI is InChI=1S/C22H15F3N4O2S/c23-22(24,25)14-5-3-6-15(11-14)27-19(30)13-32-21-28-18-9-2-1-8-17(18)20(31)29(21)16-7-4-10-26-12-16/h1-12H,13H2,(H,27,30). The molecule has 1 amide bonds. The number of thioether (sulfide) groups is 1. The van der Waals surface area contributed by atoms with Crippen molar-refractivity contribution in [2.24, 2.45) is 0 Å². The van der Waals surface area contributed by atoms with Gasteiger partial charge < -0.3 is 5.32 Å². The monoisotopic (exact) mass is 456 g/mol. The third kappa shape index (κ3) is 4.65. The maximum absolute atomic E-state index is 13.1. The summed E-state index contributed by atoms with van der Waals surface area (Å²) in [6, 6.07) is 14.6. The van der Waals surface area contributed by atoms with E-state index in [0.29, 0.717) is 16.6 Å². The van der Waals surface area contributed by atoms with Crippen LogP contribution in [-0.4, -0.2) is 26.2 Å². The molecule has 0 saturated heterocycles. The van der Waals surface area contributed by atoms with Crippen molar-refractivity contribution in [3.63, 3.8) is 0 Å². The third-order valence-corrected chi connectivity index (χ3v) is 5.39. The van der Waals surface area contributed by atoms with Crippen molar-refractivity contribution in [3.05, 3.63) is 89.0 Å². The summed E-state index contributed by atoms with van der Waals surface area (Å²) in [5, 5.41) is 3.12. The Labute approximate surface area is 184 Å². The Bertz CT molecular complexity index is 1340. The Hall–Kier alpha value is -3.66. The maximum atomic E-state index is 13.1. The Morgan fingerprint density at radius 3 is 2.62 bits per heavy atom. The van der Waals surface area contributed by atoms with Gasteiger partial charge in [0.2, 0.25) is 5.91 Å². The van der Waals surface area contributed by atoms with Crippen molar-refractivity contribution in [2.75, 3.05) is 11.1 Å². The number of nitrogens with one attached hydrogen (secondary N) is 1. The topological polar surface area (TPSA) is 76.9 Å². The molecule has 2 heterocycles. The van der Waals surface area contributed by atoms with E-state index in [2.05, 4.69) is 15.3 Å². The fourth-order valence-electron chi connectivity index (χ4n) is 3.02. The molecule has 0 aliphatic rings. The molecule has 0 spiro atoms. The Balaban J connectivity index is 1.61. The van der Waals surface area contributed by atoms with Gasteiger partial charge in [0, 0.05) is 11.9 Å². The quantitative estimate of drug-likeness (QED) is 0.353.